The van der Waals surface area contributed by atoms with E-state index >= 15 is 0 Å². The zero-order chi connectivity index (χ0) is 12.0. The molecule has 2 aliphatic rings. The number of halogens is 1. The number of nitrogens with zero attached hydrogens (tertiary/aromatic N) is 2. The molecule has 0 spiro atoms. The fourth-order valence-corrected chi connectivity index (χ4v) is 3.13. The summed E-state index contributed by atoms with van der Waals surface area (Å²) in [5, 5.41) is 0. The highest BCUT2D eigenvalue weighted by Gasteiger charge is 2.56. The second-order valence-electron chi connectivity index (χ2n) is 4.95. The summed E-state index contributed by atoms with van der Waals surface area (Å²) in [5.74, 6) is 1.98. The van der Waals surface area contributed by atoms with Crippen molar-refractivity contribution < 1.29 is 9.13 Å². The van der Waals surface area contributed by atoms with Gasteiger partial charge in [-0.25, -0.2) is 9.37 Å². The number of methoxy groups -OCH3 is 1. The van der Waals surface area contributed by atoms with Crippen molar-refractivity contribution in [3.8, 4) is 5.88 Å². The number of ether oxygens (including phenoxy) is 1. The summed E-state index contributed by atoms with van der Waals surface area (Å²) in [6.07, 6.45) is 1.28. The molecule has 0 N–H and O–H groups in total. The number of pyridine rings is 1. The van der Waals surface area contributed by atoms with Crippen LogP contribution in [0.25, 0.3) is 0 Å². The number of hydrogen-bond acceptors (Lipinski definition) is 3. The molecular weight excluding hydrogens is 219 g/mol. The van der Waals surface area contributed by atoms with Crippen LogP contribution in [-0.4, -0.2) is 36.6 Å². The lowest BCUT2D eigenvalue weighted by Crippen LogP contribution is -2.23. The summed E-state index contributed by atoms with van der Waals surface area (Å²) >= 11 is 0. The molecule has 1 aliphatic carbocycles. The Hall–Kier alpha value is -1.16. The zero-order valence-corrected chi connectivity index (χ0v) is 10.2. The molecule has 1 aromatic heterocycles. The van der Waals surface area contributed by atoms with E-state index < -0.39 is 0 Å². The van der Waals surface area contributed by atoms with Crippen LogP contribution in [0.15, 0.2) is 12.3 Å². The first kappa shape index (κ1) is 11.0. The molecule has 0 radical (unpaired) electrons. The van der Waals surface area contributed by atoms with Gasteiger partial charge < -0.3 is 9.64 Å². The largest absolute Gasteiger partial charge is 0.481 e. The van der Waals surface area contributed by atoms with Gasteiger partial charge in [0, 0.05) is 19.2 Å². The van der Waals surface area contributed by atoms with Gasteiger partial charge in [-0.2, -0.15) is 0 Å². The van der Waals surface area contributed by atoms with Gasteiger partial charge in [-0.15, -0.1) is 0 Å². The quantitative estimate of drug-likeness (QED) is 0.801. The van der Waals surface area contributed by atoms with Gasteiger partial charge in [0.05, 0.1) is 13.3 Å². The van der Waals surface area contributed by atoms with E-state index in [2.05, 4.69) is 16.8 Å². The van der Waals surface area contributed by atoms with Crippen LogP contribution in [0.1, 0.15) is 18.4 Å². The van der Waals surface area contributed by atoms with Crippen molar-refractivity contribution in [1.29, 1.82) is 0 Å². The Morgan fingerprint density at radius 2 is 2.18 bits per heavy atom. The maximum absolute atomic E-state index is 13.8. The lowest BCUT2D eigenvalue weighted by Gasteiger charge is -2.17. The van der Waals surface area contributed by atoms with Gasteiger partial charge in [-0.3, -0.25) is 0 Å². The Morgan fingerprint density at radius 3 is 2.76 bits per heavy atom. The SMILES string of the molecule is CCN1CC2C(C1)C2c1cc(OC)ncc1F. The van der Waals surface area contributed by atoms with Gasteiger partial charge in [0.15, 0.2) is 0 Å². The van der Waals surface area contributed by atoms with Crippen molar-refractivity contribution in [3.63, 3.8) is 0 Å². The molecule has 0 amide bonds. The Labute approximate surface area is 101 Å². The van der Waals surface area contributed by atoms with Crippen molar-refractivity contribution in [2.24, 2.45) is 11.8 Å². The van der Waals surface area contributed by atoms with Crippen molar-refractivity contribution in [2.45, 2.75) is 12.8 Å². The molecule has 3 nitrogen and oxygen atoms in total. The Balaban J connectivity index is 1.79. The molecule has 17 heavy (non-hydrogen) atoms. The second-order valence-corrected chi connectivity index (χ2v) is 4.95. The first-order valence-corrected chi connectivity index (χ1v) is 6.16. The van der Waals surface area contributed by atoms with Crippen LogP contribution in [0.5, 0.6) is 5.88 Å². The van der Waals surface area contributed by atoms with E-state index in [1.54, 1.807) is 13.2 Å². The Morgan fingerprint density at radius 1 is 1.47 bits per heavy atom. The normalized spacial score (nSPS) is 31.4. The van der Waals surface area contributed by atoms with Crippen LogP contribution >= 0.6 is 0 Å². The molecule has 0 aromatic carbocycles. The van der Waals surface area contributed by atoms with Gasteiger partial charge in [-0.05, 0) is 29.9 Å². The molecule has 4 heteroatoms. The van der Waals surface area contributed by atoms with E-state index in [1.807, 2.05) is 0 Å². The number of fused-ring (bicyclic) bond motifs is 1. The topological polar surface area (TPSA) is 25.4 Å². The molecule has 3 rings (SSSR count). The van der Waals surface area contributed by atoms with Gasteiger partial charge >= 0.3 is 0 Å². The van der Waals surface area contributed by atoms with Crippen molar-refractivity contribution in [2.75, 3.05) is 26.7 Å². The van der Waals surface area contributed by atoms with E-state index in [9.17, 15) is 4.39 Å². The fraction of sp³-hybridized carbons (Fsp3) is 0.615. The molecule has 1 saturated heterocycles. The molecule has 2 atom stereocenters. The maximum atomic E-state index is 13.8. The monoisotopic (exact) mass is 236 g/mol. The highest BCUT2D eigenvalue weighted by molar-refractivity contribution is 5.34. The third-order valence-electron chi connectivity index (χ3n) is 4.14. The Bertz CT molecular complexity index is 425. The summed E-state index contributed by atoms with van der Waals surface area (Å²) in [6, 6.07) is 1.76. The molecule has 2 unspecified atom stereocenters. The molecule has 1 aromatic rings. The standard InChI is InChI=1S/C13H17FN2O/c1-3-16-6-9-10(7-16)13(9)8-4-12(17-2)15-5-11(8)14/h4-5,9-10,13H,3,6-7H2,1-2H3. The number of piperidine rings is 1. The molecule has 1 aliphatic heterocycles. The van der Waals surface area contributed by atoms with Gasteiger partial charge in [0.2, 0.25) is 5.88 Å². The fourth-order valence-electron chi connectivity index (χ4n) is 3.13. The number of rotatable bonds is 3. The van der Waals surface area contributed by atoms with Crippen molar-refractivity contribution >= 4 is 0 Å². The lowest BCUT2D eigenvalue weighted by molar-refractivity contribution is 0.312. The number of hydrogen-bond donors (Lipinski definition) is 0. The van der Waals surface area contributed by atoms with E-state index in [0.717, 1.165) is 25.2 Å². The minimum Gasteiger partial charge on any atom is -0.481 e. The predicted octanol–water partition coefficient (Wildman–Crippen LogP) is 1.89. The number of likely N-dealkylation sites (tertiary alicyclic amines) is 1. The average molecular weight is 236 g/mol. The van der Waals surface area contributed by atoms with Crippen LogP contribution in [0, 0.1) is 17.7 Å². The third kappa shape index (κ3) is 1.71. The zero-order valence-electron chi connectivity index (χ0n) is 10.2. The second kappa shape index (κ2) is 3.95. The molecular formula is C13H17FN2O. The van der Waals surface area contributed by atoms with Crippen molar-refractivity contribution in [1.82, 2.24) is 9.88 Å². The lowest BCUT2D eigenvalue weighted by atomic mass is 10.1. The van der Waals surface area contributed by atoms with Crippen molar-refractivity contribution in [3.05, 3.63) is 23.6 Å². The summed E-state index contributed by atoms with van der Waals surface area (Å²) in [6.45, 7) is 5.49. The van der Waals surface area contributed by atoms with E-state index in [0.29, 0.717) is 23.6 Å². The van der Waals surface area contributed by atoms with E-state index in [1.165, 1.54) is 6.20 Å². The first-order valence-electron chi connectivity index (χ1n) is 6.16. The average Bonchev–Trinajstić information content (AvgIpc) is 2.84. The summed E-state index contributed by atoms with van der Waals surface area (Å²) in [7, 11) is 1.57. The minimum atomic E-state index is -0.187. The van der Waals surface area contributed by atoms with E-state index in [-0.39, 0.29) is 5.82 Å². The van der Waals surface area contributed by atoms with Crippen LogP contribution in [-0.2, 0) is 0 Å². The third-order valence-corrected chi connectivity index (χ3v) is 4.14. The first-order chi connectivity index (χ1) is 8.24. The smallest absolute Gasteiger partial charge is 0.213 e. The molecule has 2 heterocycles. The highest BCUT2D eigenvalue weighted by atomic mass is 19.1. The van der Waals surface area contributed by atoms with Crippen LogP contribution in [0.2, 0.25) is 0 Å². The van der Waals surface area contributed by atoms with Gasteiger partial charge in [-0.1, -0.05) is 6.92 Å². The molecule has 2 fully saturated rings. The summed E-state index contributed by atoms with van der Waals surface area (Å²) < 4.78 is 18.8. The Kier molecular flexibility index (Phi) is 2.54. The minimum absolute atomic E-state index is 0.187. The van der Waals surface area contributed by atoms with Crippen LogP contribution < -0.4 is 4.74 Å². The maximum Gasteiger partial charge on any atom is 0.213 e. The molecule has 0 bridgehead atoms. The molecule has 1 saturated carbocycles. The summed E-state index contributed by atoms with van der Waals surface area (Å²) in [5.41, 5.74) is 0.794. The molecule has 92 valence electrons. The van der Waals surface area contributed by atoms with Gasteiger partial charge in [0.1, 0.15) is 5.82 Å². The highest BCUT2D eigenvalue weighted by Crippen LogP contribution is 2.58. The van der Waals surface area contributed by atoms with Gasteiger partial charge in [0.25, 0.3) is 0 Å². The number of aromatic nitrogens is 1. The van der Waals surface area contributed by atoms with Crippen LogP contribution in [0.4, 0.5) is 4.39 Å². The van der Waals surface area contributed by atoms with E-state index in [4.69, 9.17) is 4.74 Å². The summed E-state index contributed by atoms with van der Waals surface area (Å²) in [4.78, 5) is 6.32. The van der Waals surface area contributed by atoms with Crippen LogP contribution in [0.3, 0.4) is 0 Å². The predicted molar refractivity (Wildman–Crippen MR) is 62.6 cm³/mol.